The van der Waals surface area contributed by atoms with Gasteiger partial charge in [0.05, 0.1) is 16.6 Å². The van der Waals surface area contributed by atoms with Crippen molar-refractivity contribution < 1.29 is 10.2 Å². The molecule has 2 aromatic carbocycles. The molecule has 0 unspecified atom stereocenters. The minimum atomic E-state index is -0.174. The first kappa shape index (κ1) is 11.9. The summed E-state index contributed by atoms with van der Waals surface area (Å²) in [5, 5.41) is 20.1. The molecule has 0 radical (unpaired) electrons. The van der Waals surface area contributed by atoms with Crippen LogP contribution < -0.4 is 0 Å². The maximum absolute atomic E-state index is 9.93. The molecular weight excluding hydrogens is 264 g/mol. The second-order valence-corrected chi connectivity index (χ2v) is 4.74. The fourth-order valence-corrected chi connectivity index (χ4v) is 2.29. The summed E-state index contributed by atoms with van der Waals surface area (Å²) in [5.41, 5.74) is 2.13. The Morgan fingerprint density at radius 2 is 1.95 bits per heavy atom. The van der Waals surface area contributed by atoms with Crippen LogP contribution in [0, 0.1) is 0 Å². The molecule has 1 heterocycles. The molecule has 4 nitrogen and oxygen atoms in total. The van der Waals surface area contributed by atoms with Gasteiger partial charge in [-0.3, -0.25) is 0 Å². The SMILES string of the molecule is Cn1c(-c2cccc(O)c2O)nc2cc(Cl)ccc21. The van der Waals surface area contributed by atoms with Crippen molar-refractivity contribution in [3.63, 3.8) is 0 Å². The molecule has 0 aliphatic heterocycles. The number of hydrogen-bond donors (Lipinski definition) is 2. The van der Waals surface area contributed by atoms with Crippen molar-refractivity contribution in [1.82, 2.24) is 9.55 Å². The van der Waals surface area contributed by atoms with Crippen molar-refractivity contribution in [2.45, 2.75) is 0 Å². The van der Waals surface area contributed by atoms with Gasteiger partial charge in [-0.2, -0.15) is 0 Å². The molecule has 0 saturated heterocycles. The lowest BCUT2D eigenvalue weighted by Crippen LogP contribution is -1.92. The topological polar surface area (TPSA) is 58.3 Å². The number of para-hydroxylation sites is 1. The average molecular weight is 275 g/mol. The molecule has 5 heteroatoms. The van der Waals surface area contributed by atoms with Crippen LogP contribution in [0.2, 0.25) is 5.02 Å². The van der Waals surface area contributed by atoms with Gasteiger partial charge in [0.1, 0.15) is 5.82 Å². The number of nitrogens with zero attached hydrogens (tertiary/aromatic N) is 2. The van der Waals surface area contributed by atoms with E-state index < -0.39 is 0 Å². The summed E-state index contributed by atoms with van der Waals surface area (Å²) in [6.07, 6.45) is 0. The monoisotopic (exact) mass is 274 g/mol. The average Bonchev–Trinajstić information content (AvgIpc) is 2.69. The maximum atomic E-state index is 9.93. The highest BCUT2D eigenvalue weighted by Gasteiger charge is 2.15. The lowest BCUT2D eigenvalue weighted by molar-refractivity contribution is 0.405. The van der Waals surface area contributed by atoms with Crippen LogP contribution in [-0.2, 0) is 7.05 Å². The summed E-state index contributed by atoms with van der Waals surface area (Å²) in [6, 6.07) is 10.2. The molecule has 0 amide bonds. The first-order chi connectivity index (χ1) is 9.08. The number of halogens is 1. The fraction of sp³-hybridized carbons (Fsp3) is 0.0714. The minimum Gasteiger partial charge on any atom is -0.504 e. The Balaban J connectivity index is 2.31. The predicted octanol–water partition coefficient (Wildman–Crippen LogP) is 3.30. The highest BCUT2D eigenvalue weighted by Crippen LogP contribution is 2.36. The smallest absolute Gasteiger partial charge is 0.168 e. The molecule has 96 valence electrons. The number of benzene rings is 2. The van der Waals surface area contributed by atoms with Gasteiger partial charge in [0, 0.05) is 12.1 Å². The predicted molar refractivity (Wildman–Crippen MR) is 74.5 cm³/mol. The Kier molecular flexibility index (Phi) is 2.61. The van der Waals surface area contributed by atoms with E-state index in [9.17, 15) is 10.2 Å². The molecule has 19 heavy (non-hydrogen) atoms. The largest absolute Gasteiger partial charge is 0.504 e. The van der Waals surface area contributed by atoms with Crippen LogP contribution in [-0.4, -0.2) is 19.8 Å². The number of hydrogen-bond acceptors (Lipinski definition) is 3. The van der Waals surface area contributed by atoms with E-state index in [1.807, 2.05) is 17.7 Å². The fourth-order valence-electron chi connectivity index (χ4n) is 2.13. The lowest BCUT2D eigenvalue weighted by atomic mass is 10.2. The molecule has 0 saturated carbocycles. The number of imidazole rings is 1. The number of fused-ring (bicyclic) bond motifs is 1. The summed E-state index contributed by atoms with van der Waals surface area (Å²) >= 11 is 5.94. The third-order valence-electron chi connectivity index (χ3n) is 3.10. The standard InChI is InChI=1S/C14H11ClN2O2/c1-17-11-6-5-8(15)7-10(11)16-14(17)9-3-2-4-12(18)13(9)19/h2-7,18-19H,1H3. The zero-order valence-corrected chi connectivity index (χ0v) is 10.9. The quantitative estimate of drug-likeness (QED) is 0.669. The van der Waals surface area contributed by atoms with Gasteiger partial charge in [0.2, 0.25) is 0 Å². The third-order valence-corrected chi connectivity index (χ3v) is 3.33. The molecule has 0 atom stereocenters. The lowest BCUT2D eigenvalue weighted by Gasteiger charge is -2.06. The van der Waals surface area contributed by atoms with Gasteiger partial charge >= 0.3 is 0 Å². The van der Waals surface area contributed by atoms with Crippen molar-refractivity contribution >= 4 is 22.6 Å². The van der Waals surface area contributed by atoms with E-state index in [0.29, 0.717) is 16.4 Å². The Labute approximate surface area is 114 Å². The molecular formula is C14H11ClN2O2. The van der Waals surface area contributed by atoms with Gasteiger partial charge in [-0.25, -0.2) is 4.98 Å². The van der Waals surface area contributed by atoms with Crippen LogP contribution in [0.3, 0.4) is 0 Å². The molecule has 1 aromatic heterocycles. The van der Waals surface area contributed by atoms with E-state index in [-0.39, 0.29) is 11.5 Å². The zero-order valence-electron chi connectivity index (χ0n) is 10.1. The second kappa shape index (κ2) is 4.17. The molecule has 0 bridgehead atoms. The van der Waals surface area contributed by atoms with Gasteiger partial charge < -0.3 is 14.8 Å². The van der Waals surface area contributed by atoms with Crippen molar-refractivity contribution in [3.8, 4) is 22.9 Å². The van der Waals surface area contributed by atoms with Crippen LogP contribution in [0.25, 0.3) is 22.4 Å². The van der Waals surface area contributed by atoms with Crippen LogP contribution >= 0.6 is 11.6 Å². The third kappa shape index (κ3) is 1.81. The van der Waals surface area contributed by atoms with Crippen molar-refractivity contribution in [1.29, 1.82) is 0 Å². The van der Waals surface area contributed by atoms with E-state index >= 15 is 0 Å². The number of aromatic nitrogens is 2. The molecule has 0 spiro atoms. The van der Waals surface area contributed by atoms with Crippen molar-refractivity contribution in [3.05, 3.63) is 41.4 Å². The van der Waals surface area contributed by atoms with E-state index in [0.717, 1.165) is 11.0 Å². The summed E-state index contributed by atoms with van der Waals surface area (Å²) in [4.78, 5) is 4.45. The first-order valence-electron chi connectivity index (χ1n) is 5.71. The Bertz CT molecular complexity index is 780. The normalized spacial score (nSPS) is 11.1. The van der Waals surface area contributed by atoms with Crippen LogP contribution in [0.5, 0.6) is 11.5 Å². The molecule has 3 aromatic rings. The van der Waals surface area contributed by atoms with Crippen molar-refractivity contribution in [2.75, 3.05) is 0 Å². The summed E-state index contributed by atoms with van der Waals surface area (Å²) < 4.78 is 1.85. The van der Waals surface area contributed by atoms with Gasteiger partial charge in [0.25, 0.3) is 0 Å². The van der Waals surface area contributed by atoms with Gasteiger partial charge in [-0.1, -0.05) is 17.7 Å². The Hall–Kier alpha value is -2.20. The number of phenols is 2. The Morgan fingerprint density at radius 1 is 1.16 bits per heavy atom. The highest BCUT2D eigenvalue weighted by molar-refractivity contribution is 6.31. The second-order valence-electron chi connectivity index (χ2n) is 4.30. The minimum absolute atomic E-state index is 0.164. The zero-order chi connectivity index (χ0) is 13.6. The molecule has 0 aliphatic carbocycles. The number of aryl methyl sites for hydroxylation is 1. The van der Waals surface area contributed by atoms with E-state index in [2.05, 4.69) is 4.98 Å². The molecule has 3 rings (SSSR count). The highest BCUT2D eigenvalue weighted by atomic mass is 35.5. The summed E-state index contributed by atoms with van der Waals surface area (Å²) in [6.45, 7) is 0. The van der Waals surface area contributed by atoms with Gasteiger partial charge in [-0.05, 0) is 30.3 Å². The van der Waals surface area contributed by atoms with Gasteiger partial charge in [0.15, 0.2) is 11.5 Å². The van der Waals surface area contributed by atoms with Gasteiger partial charge in [-0.15, -0.1) is 0 Å². The first-order valence-corrected chi connectivity index (χ1v) is 6.09. The number of aromatic hydroxyl groups is 2. The summed E-state index contributed by atoms with van der Waals surface area (Å²) in [7, 11) is 1.85. The Morgan fingerprint density at radius 3 is 2.74 bits per heavy atom. The van der Waals surface area contributed by atoms with Crippen LogP contribution in [0.4, 0.5) is 0 Å². The molecule has 0 fully saturated rings. The van der Waals surface area contributed by atoms with E-state index in [4.69, 9.17) is 11.6 Å². The van der Waals surface area contributed by atoms with Crippen molar-refractivity contribution in [2.24, 2.45) is 7.05 Å². The number of phenolic OH excluding ortho intramolecular Hbond substituents is 2. The number of rotatable bonds is 1. The maximum Gasteiger partial charge on any atom is 0.168 e. The van der Waals surface area contributed by atoms with E-state index in [1.54, 1.807) is 24.3 Å². The molecule has 2 N–H and O–H groups in total. The van der Waals surface area contributed by atoms with E-state index in [1.165, 1.54) is 6.07 Å². The summed E-state index contributed by atoms with van der Waals surface area (Å²) in [5.74, 6) is 0.236. The van der Waals surface area contributed by atoms with Crippen LogP contribution in [0.15, 0.2) is 36.4 Å². The van der Waals surface area contributed by atoms with Crippen LogP contribution in [0.1, 0.15) is 0 Å². The molecule has 0 aliphatic rings.